The van der Waals surface area contributed by atoms with Crippen LogP contribution < -0.4 is 5.32 Å². The lowest BCUT2D eigenvalue weighted by atomic mass is 10.2. The zero-order valence-electron chi connectivity index (χ0n) is 10.5. The smallest absolute Gasteiger partial charge is 0.243 e. The van der Waals surface area contributed by atoms with Crippen molar-refractivity contribution in [2.75, 3.05) is 0 Å². The first kappa shape index (κ1) is 12.3. The van der Waals surface area contributed by atoms with E-state index in [1.807, 2.05) is 17.5 Å². The van der Waals surface area contributed by atoms with Crippen LogP contribution in [-0.4, -0.2) is 32.2 Å². The fourth-order valence-electron chi connectivity index (χ4n) is 2.29. The molecule has 1 N–H and O–H groups in total. The van der Waals surface area contributed by atoms with Crippen LogP contribution in [0.15, 0.2) is 17.5 Å². The van der Waals surface area contributed by atoms with E-state index < -0.39 is 0 Å². The molecule has 2 aromatic heterocycles. The number of tetrazole rings is 1. The third-order valence-electron chi connectivity index (χ3n) is 3.20. The zero-order chi connectivity index (χ0) is 13.1. The third kappa shape index (κ3) is 2.98. The van der Waals surface area contributed by atoms with Crippen LogP contribution in [-0.2, 0) is 11.3 Å². The monoisotopic (exact) mass is 277 g/mol. The average molecular weight is 277 g/mol. The summed E-state index contributed by atoms with van der Waals surface area (Å²) in [4.78, 5) is 14.1. The number of amides is 1. The van der Waals surface area contributed by atoms with E-state index in [4.69, 9.17) is 0 Å². The standard InChI is InChI=1S/C12H15N5OS/c18-11(13-9-4-1-2-5-9)8-17-15-12(14-16-17)10-6-3-7-19-10/h3,6-7,9H,1-2,4-5,8H2,(H,13,18). The predicted molar refractivity (Wildman–Crippen MR) is 71.5 cm³/mol. The van der Waals surface area contributed by atoms with Gasteiger partial charge in [0, 0.05) is 6.04 Å². The van der Waals surface area contributed by atoms with E-state index in [0.717, 1.165) is 17.7 Å². The molecular formula is C12H15N5OS. The second kappa shape index (κ2) is 5.48. The molecule has 0 bridgehead atoms. The van der Waals surface area contributed by atoms with E-state index in [-0.39, 0.29) is 12.5 Å². The maximum Gasteiger partial charge on any atom is 0.243 e. The van der Waals surface area contributed by atoms with Gasteiger partial charge in [0.05, 0.1) is 4.88 Å². The third-order valence-corrected chi connectivity index (χ3v) is 4.07. The molecule has 3 rings (SSSR count). The van der Waals surface area contributed by atoms with Crippen LogP contribution in [0.25, 0.3) is 10.7 Å². The number of rotatable bonds is 4. The second-order valence-electron chi connectivity index (χ2n) is 4.67. The van der Waals surface area contributed by atoms with Gasteiger partial charge in [0.2, 0.25) is 11.7 Å². The van der Waals surface area contributed by atoms with Crippen LogP contribution in [0.5, 0.6) is 0 Å². The van der Waals surface area contributed by atoms with Gasteiger partial charge in [-0.05, 0) is 29.5 Å². The molecule has 100 valence electrons. The molecule has 0 radical (unpaired) electrons. The minimum atomic E-state index is -0.0398. The highest BCUT2D eigenvalue weighted by molar-refractivity contribution is 7.13. The Morgan fingerprint density at radius 3 is 3.05 bits per heavy atom. The van der Waals surface area contributed by atoms with Gasteiger partial charge in [-0.15, -0.1) is 21.5 Å². The SMILES string of the molecule is O=C(Cn1nnc(-c2cccs2)n1)NC1CCCC1. The Hall–Kier alpha value is -1.76. The summed E-state index contributed by atoms with van der Waals surface area (Å²) in [6, 6.07) is 4.20. The van der Waals surface area contributed by atoms with Gasteiger partial charge in [0.1, 0.15) is 6.54 Å². The van der Waals surface area contributed by atoms with Crippen LogP contribution in [0.2, 0.25) is 0 Å². The normalized spacial score (nSPS) is 15.8. The number of hydrogen-bond acceptors (Lipinski definition) is 5. The summed E-state index contributed by atoms with van der Waals surface area (Å²) in [5.41, 5.74) is 0. The van der Waals surface area contributed by atoms with E-state index in [9.17, 15) is 4.79 Å². The summed E-state index contributed by atoms with van der Waals surface area (Å²) in [7, 11) is 0. The van der Waals surface area contributed by atoms with Crippen LogP contribution in [0, 0.1) is 0 Å². The minimum Gasteiger partial charge on any atom is -0.352 e. The Balaban J connectivity index is 1.59. The number of carbonyl (C=O) groups is 1. The topological polar surface area (TPSA) is 72.7 Å². The van der Waals surface area contributed by atoms with E-state index >= 15 is 0 Å². The summed E-state index contributed by atoms with van der Waals surface area (Å²) < 4.78 is 0. The van der Waals surface area contributed by atoms with Crippen molar-refractivity contribution in [1.29, 1.82) is 0 Å². The van der Waals surface area contributed by atoms with Crippen molar-refractivity contribution in [2.24, 2.45) is 0 Å². The predicted octanol–water partition coefficient (Wildman–Crippen LogP) is 1.46. The van der Waals surface area contributed by atoms with Crippen LogP contribution in [0.1, 0.15) is 25.7 Å². The molecule has 6 nitrogen and oxygen atoms in total. The number of nitrogens with one attached hydrogen (secondary N) is 1. The van der Waals surface area contributed by atoms with Gasteiger partial charge in [-0.1, -0.05) is 18.9 Å². The Bertz CT molecular complexity index is 544. The van der Waals surface area contributed by atoms with Gasteiger partial charge >= 0.3 is 0 Å². The van der Waals surface area contributed by atoms with Gasteiger partial charge in [-0.3, -0.25) is 4.79 Å². The lowest BCUT2D eigenvalue weighted by Gasteiger charge is -2.10. The molecule has 0 spiro atoms. The molecule has 1 fully saturated rings. The molecule has 1 saturated carbocycles. The quantitative estimate of drug-likeness (QED) is 0.918. The molecule has 2 aromatic rings. The van der Waals surface area contributed by atoms with Crippen LogP contribution in [0.4, 0.5) is 0 Å². The molecule has 0 saturated heterocycles. The molecule has 1 aliphatic rings. The lowest BCUT2D eigenvalue weighted by molar-refractivity contribution is -0.122. The zero-order valence-corrected chi connectivity index (χ0v) is 11.3. The molecule has 0 unspecified atom stereocenters. The summed E-state index contributed by atoms with van der Waals surface area (Å²) >= 11 is 1.56. The van der Waals surface area contributed by atoms with Crippen molar-refractivity contribution >= 4 is 17.2 Å². The molecule has 0 aromatic carbocycles. The Morgan fingerprint density at radius 2 is 2.32 bits per heavy atom. The first-order valence-electron chi connectivity index (χ1n) is 6.42. The van der Waals surface area contributed by atoms with Crippen molar-refractivity contribution in [3.8, 4) is 10.7 Å². The number of hydrogen-bond donors (Lipinski definition) is 1. The lowest BCUT2D eigenvalue weighted by Crippen LogP contribution is -2.35. The van der Waals surface area contributed by atoms with Crippen LogP contribution in [0.3, 0.4) is 0 Å². The van der Waals surface area contributed by atoms with Crippen molar-refractivity contribution in [2.45, 2.75) is 38.3 Å². The van der Waals surface area contributed by atoms with Crippen molar-refractivity contribution in [1.82, 2.24) is 25.5 Å². The first-order chi connectivity index (χ1) is 9.31. The number of nitrogens with zero attached hydrogens (tertiary/aromatic N) is 4. The van der Waals surface area contributed by atoms with E-state index in [0.29, 0.717) is 11.9 Å². The van der Waals surface area contributed by atoms with Gasteiger partial charge in [0.25, 0.3) is 0 Å². The Labute approximate surface area is 114 Å². The van der Waals surface area contributed by atoms with E-state index in [1.165, 1.54) is 17.6 Å². The maximum absolute atomic E-state index is 11.8. The second-order valence-corrected chi connectivity index (χ2v) is 5.62. The molecule has 7 heteroatoms. The molecule has 1 aliphatic carbocycles. The fourth-order valence-corrected chi connectivity index (χ4v) is 2.93. The van der Waals surface area contributed by atoms with Crippen molar-refractivity contribution in [3.63, 3.8) is 0 Å². The highest BCUT2D eigenvalue weighted by atomic mass is 32.1. The Morgan fingerprint density at radius 1 is 1.47 bits per heavy atom. The first-order valence-corrected chi connectivity index (χ1v) is 7.30. The number of thiophene rings is 1. The molecular weight excluding hydrogens is 262 g/mol. The highest BCUT2D eigenvalue weighted by Gasteiger charge is 2.18. The summed E-state index contributed by atoms with van der Waals surface area (Å²) in [6.45, 7) is 0.134. The fraction of sp³-hybridized carbons (Fsp3) is 0.500. The van der Waals surface area contributed by atoms with Gasteiger partial charge in [-0.2, -0.15) is 4.80 Å². The highest BCUT2D eigenvalue weighted by Crippen LogP contribution is 2.19. The molecule has 19 heavy (non-hydrogen) atoms. The van der Waals surface area contributed by atoms with E-state index in [2.05, 4.69) is 20.7 Å². The van der Waals surface area contributed by atoms with Gasteiger partial charge in [-0.25, -0.2) is 0 Å². The Kier molecular flexibility index (Phi) is 3.54. The molecule has 0 atom stereocenters. The van der Waals surface area contributed by atoms with E-state index in [1.54, 1.807) is 11.3 Å². The van der Waals surface area contributed by atoms with Crippen molar-refractivity contribution < 1.29 is 4.79 Å². The molecule has 0 aliphatic heterocycles. The molecule has 2 heterocycles. The number of aromatic nitrogens is 4. The molecule has 1 amide bonds. The van der Waals surface area contributed by atoms with Crippen molar-refractivity contribution in [3.05, 3.63) is 17.5 Å². The maximum atomic E-state index is 11.8. The van der Waals surface area contributed by atoms with Crippen LogP contribution >= 0.6 is 11.3 Å². The number of carbonyl (C=O) groups excluding carboxylic acids is 1. The van der Waals surface area contributed by atoms with Gasteiger partial charge < -0.3 is 5.32 Å². The average Bonchev–Trinajstić information content (AvgIpc) is 3.09. The largest absolute Gasteiger partial charge is 0.352 e. The summed E-state index contributed by atoms with van der Waals surface area (Å²) in [5, 5.41) is 17.0. The summed E-state index contributed by atoms with van der Waals surface area (Å²) in [6.07, 6.45) is 4.57. The minimum absolute atomic E-state index is 0.0398. The van der Waals surface area contributed by atoms with Gasteiger partial charge in [0.15, 0.2) is 0 Å². The summed E-state index contributed by atoms with van der Waals surface area (Å²) in [5.74, 6) is 0.533.